The zero-order valence-corrected chi connectivity index (χ0v) is 7.55. The number of nitrogens with one attached hydrogen (secondary N) is 1. The summed E-state index contributed by atoms with van der Waals surface area (Å²) >= 11 is 0. The van der Waals surface area contributed by atoms with Gasteiger partial charge in [0.1, 0.15) is 0 Å². The zero-order valence-electron chi connectivity index (χ0n) is 7.55. The Labute approximate surface area is 77.1 Å². The summed E-state index contributed by atoms with van der Waals surface area (Å²) in [7, 11) is 0. The molecule has 0 atom stereocenters. The monoisotopic (exact) mass is 173 g/mol. The van der Waals surface area contributed by atoms with Crippen molar-refractivity contribution < 1.29 is 4.79 Å². The Bertz CT molecular complexity index is 393. The molecule has 0 amide bonds. The molecule has 2 heteroatoms. The maximum absolute atomic E-state index is 11.5. The lowest BCUT2D eigenvalue weighted by molar-refractivity contribution is 0.0996. The second-order valence-electron chi connectivity index (χ2n) is 3.54. The van der Waals surface area contributed by atoms with Crippen LogP contribution in [-0.2, 0) is 6.42 Å². The van der Waals surface area contributed by atoms with E-state index in [0.717, 1.165) is 16.7 Å². The molecule has 13 heavy (non-hydrogen) atoms. The number of hydrogen-bond acceptors (Lipinski definition) is 2. The molecule has 1 aromatic carbocycles. The first-order chi connectivity index (χ1) is 6.16. The summed E-state index contributed by atoms with van der Waals surface area (Å²) in [5.74, 6) is 0.0925. The molecular formula is C11H11NO. The molecule has 0 bridgehead atoms. The van der Waals surface area contributed by atoms with Gasteiger partial charge in [0.15, 0.2) is 5.78 Å². The molecule has 1 aliphatic rings. The van der Waals surface area contributed by atoms with Crippen LogP contribution in [-0.4, -0.2) is 11.5 Å². The summed E-state index contributed by atoms with van der Waals surface area (Å²) in [4.78, 5) is 11.5. The number of Topliss-reactive ketones (excluding diaryl/α,β-unsaturated/α-hetero) is 1. The van der Waals surface area contributed by atoms with Gasteiger partial charge in [0.05, 0.1) is 0 Å². The van der Waals surface area contributed by atoms with E-state index < -0.39 is 0 Å². The second kappa shape index (κ2) is 2.80. The van der Waals surface area contributed by atoms with Gasteiger partial charge < -0.3 is 5.41 Å². The Hall–Kier alpha value is -1.44. The zero-order chi connectivity index (χ0) is 9.42. The fourth-order valence-electron chi connectivity index (χ4n) is 1.69. The normalized spacial score (nSPS) is 15.8. The molecule has 1 aliphatic carbocycles. The van der Waals surface area contributed by atoms with Crippen LogP contribution in [0.15, 0.2) is 18.2 Å². The highest BCUT2D eigenvalue weighted by Crippen LogP contribution is 2.20. The Morgan fingerprint density at radius 1 is 1.31 bits per heavy atom. The van der Waals surface area contributed by atoms with Crippen molar-refractivity contribution in [2.24, 2.45) is 0 Å². The van der Waals surface area contributed by atoms with Crippen molar-refractivity contribution in [2.45, 2.75) is 19.8 Å². The highest BCUT2D eigenvalue weighted by atomic mass is 16.1. The molecule has 2 nitrogen and oxygen atoms in total. The van der Waals surface area contributed by atoms with E-state index in [1.165, 1.54) is 0 Å². The number of hydrogen-bond donors (Lipinski definition) is 1. The number of aryl methyl sites for hydroxylation is 1. The number of ketones is 1. The van der Waals surface area contributed by atoms with Gasteiger partial charge in [-0.25, -0.2) is 0 Å². The van der Waals surface area contributed by atoms with Crippen molar-refractivity contribution in [3.05, 3.63) is 34.9 Å². The third-order valence-electron chi connectivity index (χ3n) is 2.34. The summed E-state index contributed by atoms with van der Waals surface area (Å²) in [5.41, 5.74) is 3.46. The molecule has 0 saturated heterocycles. The predicted molar refractivity (Wildman–Crippen MR) is 51.6 cm³/mol. The van der Waals surface area contributed by atoms with E-state index in [1.54, 1.807) is 0 Å². The van der Waals surface area contributed by atoms with Crippen LogP contribution < -0.4 is 0 Å². The quantitative estimate of drug-likeness (QED) is 0.641. The minimum absolute atomic E-state index is 0.0925. The van der Waals surface area contributed by atoms with Gasteiger partial charge in [0.2, 0.25) is 0 Å². The van der Waals surface area contributed by atoms with Crippen LogP contribution in [0.5, 0.6) is 0 Å². The molecule has 1 aromatic rings. The van der Waals surface area contributed by atoms with Crippen molar-refractivity contribution in [3.63, 3.8) is 0 Å². The third-order valence-corrected chi connectivity index (χ3v) is 2.34. The first-order valence-corrected chi connectivity index (χ1v) is 4.36. The lowest BCUT2D eigenvalue weighted by Gasteiger charge is -2.15. The number of benzene rings is 1. The molecule has 0 aliphatic heterocycles. The fraction of sp³-hybridized carbons (Fsp3) is 0.273. The summed E-state index contributed by atoms with van der Waals surface area (Å²) in [6.07, 6.45) is 0.942. The van der Waals surface area contributed by atoms with Gasteiger partial charge in [-0.15, -0.1) is 0 Å². The molecule has 0 fully saturated rings. The van der Waals surface area contributed by atoms with E-state index >= 15 is 0 Å². The number of carbonyl (C=O) groups excluding carboxylic acids is 1. The highest BCUT2D eigenvalue weighted by Gasteiger charge is 2.19. The Morgan fingerprint density at radius 3 is 2.85 bits per heavy atom. The molecule has 0 unspecified atom stereocenters. The largest absolute Gasteiger partial charge is 0.309 e. The predicted octanol–water partition coefficient (Wildman–Crippen LogP) is 2.14. The maximum atomic E-state index is 11.5. The van der Waals surface area contributed by atoms with Crippen molar-refractivity contribution in [1.29, 1.82) is 5.41 Å². The van der Waals surface area contributed by atoms with E-state index in [0.29, 0.717) is 18.6 Å². The Kier molecular flexibility index (Phi) is 1.76. The van der Waals surface area contributed by atoms with Crippen LogP contribution >= 0.6 is 0 Å². The van der Waals surface area contributed by atoms with Crippen molar-refractivity contribution in [2.75, 3.05) is 0 Å². The molecule has 66 valence electrons. The summed E-state index contributed by atoms with van der Waals surface area (Å²) in [6.45, 7) is 1.98. The van der Waals surface area contributed by atoms with Crippen LogP contribution in [0.2, 0.25) is 0 Å². The molecule has 0 saturated carbocycles. The van der Waals surface area contributed by atoms with E-state index in [1.807, 2.05) is 25.1 Å². The summed E-state index contributed by atoms with van der Waals surface area (Å²) in [5, 5.41) is 7.48. The fourth-order valence-corrected chi connectivity index (χ4v) is 1.69. The van der Waals surface area contributed by atoms with Crippen LogP contribution in [0.4, 0.5) is 0 Å². The van der Waals surface area contributed by atoms with Crippen molar-refractivity contribution in [3.8, 4) is 0 Å². The van der Waals surface area contributed by atoms with Crippen LogP contribution in [0.1, 0.15) is 27.9 Å². The molecule has 2 rings (SSSR count). The molecule has 1 N–H and O–H groups in total. The third kappa shape index (κ3) is 1.39. The standard InChI is InChI=1S/C11H11NO/c1-7-2-3-8-5-9(12)6-11(13)10(8)4-7/h2-4,12H,5-6H2,1H3. The number of rotatable bonds is 0. The lowest BCUT2D eigenvalue weighted by Crippen LogP contribution is -2.19. The van der Waals surface area contributed by atoms with Crippen LogP contribution in [0.3, 0.4) is 0 Å². The first-order valence-electron chi connectivity index (χ1n) is 4.36. The lowest BCUT2D eigenvalue weighted by atomic mass is 9.88. The van der Waals surface area contributed by atoms with Crippen LogP contribution in [0.25, 0.3) is 0 Å². The Morgan fingerprint density at radius 2 is 2.08 bits per heavy atom. The average Bonchev–Trinajstić information content (AvgIpc) is 2.06. The molecule has 0 radical (unpaired) electrons. The maximum Gasteiger partial charge on any atom is 0.168 e. The first kappa shape index (κ1) is 8.17. The average molecular weight is 173 g/mol. The van der Waals surface area contributed by atoms with E-state index in [4.69, 9.17) is 5.41 Å². The van der Waals surface area contributed by atoms with Gasteiger partial charge in [-0.3, -0.25) is 4.79 Å². The minimum atomic E-state index is 0.0925. The molecular weight excluding hydrogens is 162 g/mol. The van der Waals surface area contributed by atoms with Gasteiger partial charge in [0, 0.05) is 24.1 Å². The molecule has 0 heterocycles. The second-order valence-corrected chi connectivity index (χ2v) is 3.54. The van der Waals surface area contributed by atoms with Gasteiger partial charge in [-0.1, -0.05) is 17.7 Å². The highest BCUT2D eigenvalue weighted by molar-refractivity contribution is 6.13. The van der Waals surface area contributed by atoms with E-state index in [2.05, 4.69) is 0 Å². The van der Waals surface area contributed by atoms with Crippen molar-refractivity contribution in [1.82, 2.24) is 0 Å². The smallest absolute Gasteiger partial charge is 0.168 e. The Balaban J connectivity index is 2.55. The summed E-state index contributed by atoms with van der Waals surface area (Å²) in [6, 6.07) is 5.87. The van der Waals surface area contributed by atoms with Gasteiger partial charge in [-0.2, -0.15) is 0 Å². The SMILES string of the molecule is Cc1ccc2c(c1)C(=O)CC(=N)C2. The molecule has 0 spiro atoms. The van der Waals surface area contributed by atoms with Crippen LogP contribution in [0, 0.1) is 12.3 Å². The number of carbonyl (C=O) groups is 1. The number of fused-ring (bicyclic) bond motifs is 1. The van der Waals surface area contributed by atoms with Crippen molar-refractivity contribution >= 4 is 11.5 Å². The topological polar surface area (TPSA) is 40.9 Å². The van der Waals surface area contributed by atoms with Gasteiger partial charge >= 0.3 is 0 Å². The minimum Gasteiger partial charge on any atom is -0.309 e. The van der Waals surface area contributed by atoms with Gasteiger partial charge in [-0.05, 0) is 18.6 Å². The van der Waals surface area contributed by atoms with Gasteiger partial charge in [0.25, 0.3) is 0 Å². The molecule has 0 aromatic heterocycles. The van der Waals surface area contributed by atoms with E-state index in [9.17, 15) is 4.79 Å². The summed E-state index contributed by atoms with van der Waals surface area (Å²) < 4.78 is 0. The van der Waals surface area contributed by atoms with E-state index in [-0.39, 0.29) is 5.78 Å².